The number of ether oxygens (including phenoxy) is 1. The van der Waals surface area contributed by atoms with Crippen LogP contribution < -0.4 is 10.2 Å². The summed E-state index contributed by atoms with van der Waals surface area (Å²) in [6, 6.07) is 9.40. The fourth-order valence-electron chi connectivity index (χ4n) is 3.82. The van der Waals surface area contributed by atoms with E-state index in [2.05, 4.69) is 29.0 Å². The normalized spacial score (nSPS) is 11.3. The molecular weight excluding hydrogens is 456 g/mol. The largest absolute Gasteiger partial charge is 0.486 e. The lowest BCUT2D eigenvalue weighted by molar-refractivity contribution is 0.288. The number of aromatic amines is 1. The van der Waals surface area contributed by atoms with E-state index in [1.54, 1.807) is 17.8 Å². The standard InChI is InChI=1S/C25H27ClN4O2S/c1-6-30-22(12-32-19-9-15(3)23(26)16(4)10-19)28-29-25(30)33-13-18-11-21(31)20-8-7-14(2)17(5)24(20)27-18/h7-11H,6,12-13H2,1-5H3,(H,27,31). The van der Waals surface area contributed by atoms with E-state index in [1.807, 2.05) is 49.6 Å². The zero-order chi connectivity index (χ0) is 23.7. The van der Waals surface area contributed by atoms with Crippen LogP contribution in [0, 0.1) is 27.7 Å². The van der Waals surface area contributed by atoms with Crippen molar-refractivity contribution in [2.24, 2.45) is 0 Å². The zero-order valence-electron chi connectivity index (χ0n) is 19.5. The third kappa shape index (κ3) is 4.80. The van der Waals surface area contributed by atoms with Gasteiger partial charge in [-0.1, -0.05) is 29.4 Å². The average molecular weight is 483 g/mol. The molecular formula is C25H27ClN4O2S. The van der Waals surface area contributed by atoms with Crippen molar-refractivity contribution in [3.8, 4) is 5.75 Å². The first-order valence-corrected chi connectivity index (χ1v) is 12.2. The number of hydrogen-bond acceptors (Lipinski definition) is 5. The van der Waals surface area contributed by atoms with E-state index in [1.165, 1.54) is 0 Å². The molecule has 4 aromatic rings. The van der Waals surface area contributed by atoms with Crippen molar-refractivity contribution in [3.63, 3.8) is 0 Å². The first-order chi connectivity index (χ1) is 15.8. The second-order valence-corrected chi connectivity index (χ2v) is 9.50. The van der Waals surface area contributed by atoms with Gasteiger partial charge in [0.25, 0.3) is 0 Å². The molecule has 0 aliphatic heterocycles. The summed E-state index contributed by atoms with van der Waals surface area (Å²) >= 11 is 7.80. The van der Waals surface area contributed by atoms with Gasteiger partial charge >= 0.3 is 0 Å². The zero-order valence-corrected chi connectivity index (χ0v) is 21.0. The van der Waals surface area contributed by atoms with Gasteiger partial charge in [0, 0.05) is 34.5 Å². The summed E-state index contributed by atoms with van der Waals surface area (Å²) in [6.07, 6.45) is 0. The molecule has 0 atom stereocenters. The molecule has 0 spiro atoms. The minimum Gasteiger partial charge on any atom is -0.486 e. The maximum atomic E-state index is 12.6. The molecule has 0 aliphatic rings. The van der Waals surface area contributed by atoms with E-state index < -0.39 is 0 Å². The number of aryl methyl sites for hydroxylation is 4. The molecule has 1 N–H and O–H groups in total. The Hall–Kier alpha value is -2.77. The predicted molar refractivity (Wildman–Crippen MR) is 135 cm³/mol. The van der Waals surface area contributed by atoms with Crippen LogP contribution in [0.4, 0.5) is 0 Å². The fraction of sp³-hybridized carbons (Fsp3) is 0.320. The molecule has 0 saturated heterocycles. The van der Waals surface area contributed by atoms with Gasteiger partial charge in [0.05, 0.1) is 5.52 Å². The Morgan fingerprint density at radius 2 is 1.79 bits per heavy atom. The van der Waals surface area contributed by atoms with Crippen LogP contribution in [0.1, 0.15) is 40.7 Å². The molecule has 6 nitrogen and oxygen atoms in total. The predicted octanol–water partition coefficient (Wildman–Crippen LogP) is 5.90. The van der Waals surface area contributed by atoms with Gasteiger partial charge in [-0.25, -0.2) is 0 Å². The Bertz CT molecular complexity index is 1370. The Balaban J connectivity index is 1.51. The first-order valence-electron chi connectivity index (χ1n) is 10.8. The van der Waals surface area contributed by atoms with Gasteiger partial charge in [0.2, 0.25) is 0 Å². The number of pyridine rings is 1. The summed E-state index contributed by atoms with van der Waals surface area (Å²) in [5.74, 6) is 2.10. The number of nitrogens with zero attached hydrogens (tertiary/aromatic N) is 3. The number of H-pyrrole nitrogens is 1. The van der Waals surface area contributed by atoms with Crippen molar-refractivity contribution < 1.29 is 4.74 Å². The van der Waals surface area contributed by atoms with Crippen molar-refractivity contribution in [2.45, 2.75) is 58.7 Å². The Labute approximate surface area is 202 Å². The lowest BCUT2D eigenvalue weighted by Crippen LogP contribution is -2.08. The molecule has 0 aliphatic carbocycles. The van der Waals surface area contributed by atoms with Gasteiger partial charge < -0.3 is 14.3 Å². The van der Waals surface area contributed by atoms with Gasteiger partial charge in [-0.3, -0.25) is 4.79 Å². The molecule has 0 fully saturated rings. The van der Waals surface area contributed by atoms with Crippen LogP contribution >= 0.6 is 23.4 Å². The summed E-state index contributed by atoms with van der Waals surface area (Å²) < 4.78 is 8.01. The minimum atomic E-state index is 0.0297. The molecule has 33 heavy (non-hydrogen) atoms. The smallest absolute Gasteiger partial charge is 0.191 e. The van der Waals surface area contributed by atoms with E-state index in [0.717, 1.165) is 67.1 Å². The van der Waals surface area contributed by atoms with Crippen molar-refractivity contribution in [1.29, 1.82) is 0 Å². The van der Waals surface area contributed by atoms with Crippen LogP contribution in [0.2, 0.25) is 5.02 Å². The monoisotopic (exact) mass is 482 g/mol. The second-order valence-electron chi connectivity index (χ2n) is 8.18. The van der Waals surface area contributed by atoms with Gasteiger partial charge in [-0.2, -0.15) is 0 Å². The van der Waals surface area contributed by atoms with Crippen molar-refractivity contribution in [2.75, 3.05) is 0 Å². The molecule has 0 saturated carbocycles. The highest BCUT2D eigenvalue weighted by atomic mass is 35.5. The Kier molecular flexibility index (Phi) is 6.81. The summed E-state index contributed by atoms with van der Waals surface area (Å²) in [7, 11) is 0. The highest BCUT2D eigenvalue weighted by Crippen LogP contribution is 2.27. The number of aromatic nitrogens is 4. The second kappa shape index (κ2) is 9.61. The highest BCUT2D eigenvalue weighted by Gasteiger charge is 2.14. The lowest BCUT2D eigenvalue weighted by Gasteiger charge is -2.11. The maximum absolute atomic E-state index is 12.6. The number of benzene rings is 2. The number of halogens is 1. The summed E-state index contributed by atoms with van der Waals surface area (Å²) in [5, 5.41) is 11.0. The van der Waals surface area contributed by atoms with Gasteiger partial charge in [-0.15, -0.1) is 10.2 Å². The van der Waals surface area contributed by atoms with Crippen LogP contribution in [0.3, 0.4) is 0 Å². The molecule has 2 heterocycles. The molecule has 4 rings (SSSR count). The Morgan fingerprint density at radius 1 is 1.06 bits per heavy atom. The van der Waals surface area contributed by atoms with E-state index in [0.29, 0.717) is 12.4 Å². The van der Waals surface area contributed by atoms with Crippen LogP contribution in [0.5, 0.6) is 5.75 Å². The highest BCUT2D eigenvalue weighted by molar-refractivity contribution is 7.98. The number of hydrogen-bond donors (Lipinski definition) is 1. The lowest BCUT2D eigenvalue weighted by atomic mass is 10.0. The summed E-state index contributed by atoms with van der Waals surface area (Å²) in [6.45, 7) is 11.1. The van der Waals surface area contributed by atoms with Crippen molar-refractivity contribution >= 4 is 34.3 Å². The topological polar surface area (TPSA) is 72.8 Å². The number of nitrogens with one attached hydrogen (secondary N) is 1. The van der Waals surface area contributed by atoms with E-state index >= 15 is 0 Å². The summed E-state index contributed by atoms with van der Waals surface area (Å²) in [5.41, 5.74) is 6.01. The molecule has 2 aromatic carbocycles. The van der Waals surface area contributed by atoms with Gasteiger partial charge in [-0.05, 0) is 75.1 Å². The molecule has 2 aromatic heterocycles. The molecule has 0 amide bonds. The van der Waals surface area contributed by atoms with Gasteiger partial charge in [0.1, 0.15) is 12.4 Å². The van der Waals surface area contributed by atoms with E-state index in [-0.39, 0.29) is 5.43 Å². The van der Waals surface area contributed by atoms with Crippen molar-refractivity contribution in [1.82, 2.24) is 19.7 Å². The van der Waals surface area contributed by atoms with Crippen molar-refractivity contribution in [3.05, 3.63) is 79.3 Å². The molecule has 8 heteroatoms. The third-order valence-corrected chi connectivity index (χ3v) is 7.45. The van der Waals surface area contributed by atoms with E-state index in [4.69, 9.17) is 16.3 Å². The third-order valence-electron chi connectivity index (χ3n) is 5.84. The SMILES string of the molecule is CCn1c(COc2cc(C)c(Cl)c(C)c2)nnc1SCc1cc(=O)c2ccc(C)c(C)c2[nH]1. The first kappa shape index (κ1) is 23.4. The number of rotatable bonds is 7. The quantitative estimate of drug-likeness (QED) is 0.332. The van der Waals surface area contributed by atoms with Crippen LogP contribution in [0.15, 0.2) is 40.3 Å². The fourth-order valence-corrected chi connectivity index (χ4v) is 4.86. The van der Waals surface area contributed by atoms with Crippen LogP contribution in [-0.4, -0.2) is 19.7 Å². The maximum Gasteiger partial charge on any atom is 0.191 e. The van der Waals surface area contributed by atoms with Crippen LogP contribution in [-0.2, 0) is 18.9 Å². The number of thioether (sulfide) groups is 1. The Morgan fingerprint density at radius 3 is 2.48 bits per heavy atom. The average Bonchev–Trinajstić information content (AvgIpc) is 3.19. The van der Waals surface area contributed by atoms with E-state index in [9.17, 15) is 4.79 Å². The minimum absolute atomic E-state index is 0.0297. The van der Waals surface area contributed by atoms with Crippen LogP contribution in [0.25, 0.3) is 10.9 Å². The molecule has 0 unspecified atom stereocenters. The summed E-state index contributed by atoms with van der Waals surface area (Å²) in [4.78, 5) is 16.0. The molecule has 172 valence electrons. The molecule has 0 radical (unpaired) electrons. The number of fused-ring (bicyclic) bond motifs is 1. The molecule has 0 bridgehead atoms. The van der Waals surface area contributed by atoms with Gasteiger partial charge in [0.15, 0.2) is 16.4 Å².